The van der Waals surface area contributed by atoms with E-state index in [1.54, 1.807) is 6.20 Å². The van der Waals surface area contributed by atoms with Crippen LogP contribution in [0.4, 0.5) is 0 Å². The number of nitrogens with two attached hydrogens (primary N) is 1. The summed E-state index contributed by atoms with van der Waals surface area (Å²) in [6, 6.07) is 0. The number of thioether (sulfide) groups is 1. The van der Waals surface area contributed by atoms with E-state index < -0.39 is 0 Å². The normalized spacial score (nSPS) is 10.9. The number of unbranched alkanes of at least 4 members (excludes halogenated alkanes) is 2. The molecule has 60 valence electrons. The fraction of sp³-hybridized carbons (Fsp3) is 0.750. The molecule has 0 radical (unpaired) electrons. The van der Waals surface area contributed by atoms with Crippen molar-refractivity contribution < 1.29 is 0 Å². The quantitative estimate of drug-likeness (QED) is 0.602. The summed E-state index contributed by atoms with van der Waals surface area (Å²) < 4.78 is 0. The van der Waals surface area contributed by atoms with Crippen LogP contribution in [0.2, 0.25) is 0 Å². The van der Waals surface area contributed by atoms with E-state index in [9.17, 15) is 0 Å². The standard InChI is InChI=1S/C8H17NS/c1-2-3-4-7-10-8-5-6-9/h5-6H,2-4,7-9H2,1H3. The van der Waals surface area contributed by atoms with Crippen LogP contribution in [0.5, 0.6) is 0 Å². The van der Waals surface area contributed by atoms with Crippen molar-refractivity contribution in [3.05, 3.63) is 12.3 Å². The molecule has 0 rings (SSSR count). The van der Waals surface area contributed by atoms with Crippen molar-refractivity contribution in [2.24, 2.45) is 5.73 Å². The Morgan fingerprint density at radius 3 is 2.80 bits per heavy atom. The first kappa shape index (κ1) is 9.89. The zero-order valence-electron chi connectivity index (χ0n) is 6.68. The van der Waals surface area contributed by atoms with Crippen LogP contribution in [0.3, 0.4) is 0 Å². The first-order chi connectivity index (χ1) is 4.91. The van der Waals surface area contributed by atoms with Gasteiger partial charge in [0.2, 0.25) is 0 Å². The fourth-order valence-corrected chi connectivity index (χ4v) is 1.48. The van der Waals surface area contributed by atoms with Gasteiger partial charge in [-0.25, -0.2) is 0 Å². The van der Waals surface area contributed by atoms with Crippen molar-refractivity contribution in [2.45, 2.75) is 26.2 Å². The molecule has 10 heavy (non-hydrogen) atoms. The molecule has 0 fully saturated rings. The molecule has 0 bridgehead atoms. The Bertz CT molecular complexity index is 81.3. The van der Waals surface area contributed by atoms with Gasteiger partial charge in [-0.1, -0.05) is 25.8 Å². The third kappa shape index (κ3) is 7.89. The summed E-state index contributed by atoms with van der Waals surface area (Å²) in [5.41, 5.74) is 5.18. The highest BCUT2D eigenvalue weighted by Crippen LogP contribution is 2.05. The molecule has 0 unspecified atom stereocenters. The van der Waals surface area contributed by atoms with E-state index in [-0.39, 0.29) is 0 Å². The van der Waals surface area contributed by atoms with E-state index in [2.05, 4.69) is 6.92 Å². The molecule has 0 atom stereocenters. The molecule has 0 aromatic heterocycles. The highest BCUT2D eigenvalue weighted by molar-refractivity contribution is 7.99. The zero-order chi connectivity index (χ0) is 7.66. The maximum absolute atomic E-state index is 5.18. The van der Waals surface area contributed by atoms with Crippen LogP contribution in [0.15, 0.2) is 12.3 Å². The van der Waals surface area contributed by atoms with Crippen LogP contribution < -0.4 is 5.73 Å². The zero-order valence-corrected chi connectivity index (χ0v) is 7.49. The van der Waals surface area contributed by atoms with E-state index in [1.165, 1.54) is 25.0 Å². The van der Waals surface area contributed by atoms with Gasteiger partial charge in [-0.2, -0.15) is 11.8 Å². The minimum absolute atomic E-state index is 1.07. The molecule has 0 amide bonds. The summed E-state index contributed by atoms with van der Waals surface area (Å²) in [5.74, 6) is 2.35. The van der Waals surface area contributed by atoms with Crippen LogP contribution >= 0.6 is 11.8 Å². The van der Waals surface area contributed by atoms with Gasteiger partial charge >= 0.3 is 0 Å². The Hall–Kier alpha value is -0.110. The van der Waals surface area contributed by atoms with Crippen LogP contribution in [-0.4, -0.2) is 11.5 Å². The molecular weight excluding hydrogens is 142 g/mol. The lowest BCUT2D eigenvalue weighted by molar-refractivity contribution is 0.779. The molecule has 1 nitrogen and oxygen atoms in total. The maximum atomic E-state index is 5.18. The monoisotopic (exact) mass is 159 g/mol. The van der Waals surface area contributed by atoms with Crippen molar-refractivity contribution in [2.75, 3.05) is 11.5 Å². The average Bonchev–Trinajstić information content (AvgIpc) is 1.97. The summed E-state index contributed by atoms with van der Waals surface area (Å²) in [6.45, 7) is 2.23. The van der Waals surface area contributed by atoms with Gasteiger partial charge in [0.15, 0.2) is 0 Å². The Morgan fingerprint density at radius 2 is 2.20 bits per heavy atom. The summed E-state index contributed by atoms with van der Waals surface area (Å²) in [4.78, 5) is 0. The second-order valence-corrected chi connectivity index (χ2v) is 3.36. The Balaban J connectivity index is 2.77. The Kier molecular flexibility index (Phi) is 8.79. The molecule has 0 aliphatic heterocycles. The molecule has 0 aromatic rings. The third-order valence-corrected chi connectivity index (χ3v) is 2.25. The largest absolute Gasteiger partial charge is 0.405 e. The SMILES string of the molecule is CCCCCSCC=CN. The molecule has 0 aliphatic rings. The molecule has 0 saturated heterocycles. The van der Waals surface area contributed by atoms with Crippen LogP contribution in [0.1, 0.15) is 26.2 Å². The van der Waals surface area contributed by atoms with Gasteiger partial charge in [-0.15, -0.1) is 0 Å². The predicted octanol–water partition coefficient (Wildman–Crippen LogP) is 2.38. The van der Waals surface area contributed by atoms with Crippen molar-refractivity contribution in [1.29, 1.82) is 0 Å². The third-order valence-electron chi connectivity index (χ3n) is 1.24. The van der Waals surface area contributed by atoms with Crippen LogP contribution in [0, 0.1) is 0 Å². The van der Waals surface area contributed by atoms with Gasteiger partial charge in [0.1, 0.15) is 0 Å². The lowest BCUT2D eigenvalue weighted by Gasteiger charge is -1.95. The summed E-state index contributed by atoms with van der Waals surface area (Å²) in [7, 11) is 0. The van der Waals surface area contributed by atoms with Crippen molar-refractivity contribution in [1.82, 2.24) is 0 Å². The van der Waals surface area contributed by atoms with Gasteiger partial charge in [0.05, 0.1) is 0 Å². The van der Waals surface area contributed by atoms with Crippen LogP contribution in [0.25, 0.3) is 0 Å². The van der Waals surface area contributed by atoms with E-state index in [1.807, 2.05) is 17.8 Å². The molecule has 0 aromatic carbocycles. The van der Waals surface area contributed by atoms with Crippen LogP contribution in [-0.2, 0) is 0 Å². The van der Waals surface area contributed by atoms with Gasteiger partial charge in [0, 0.05) is 5.75 Å². The number of hydrogen-bond acceptors (Lipinski definition) is 2. The van der Waals surface area contributed by atoms with E-state index >= 15 is 0 Å². The van der Waals surface area contributed by atoms with E-state index in [4.69, 9.17) is 5.73 Å². The molecule has 0 heterocycles. The lowest BCUT2D eigenvalue weighted by Crippen LogP contribution is -1.82. The summed E-state index contributed by atoms with van der Waals surface area (Å²) in [5, 5.41) is 0. The lowest BCUT2D eigenvalue weighted by atomic mass is 10.3. The van der Waals surface area contributed by atoms with Gasteiger partial charge in [-0.05, 0) is 18.4 Å². The predicted molar refractivity (Wildman–Crippen MR) is 50.2 cm³/mol. The molecule has 2 N–H and O–H groups in total. The molecule has 0 saturated carbocycles. The highest BCUT2D eigenvalue weighted by Gasteiger charge is 1.85. The topological polar surface area (TPSA) is 26.0 Å². The first-order valence-electron chi connectivity index (χ1n) is 3.86. The minimum Gasteiger partial charge on any atom is -0.405 e. The fourth-order valence-electron chi connectivity index (χ4n) is 0.661. The molecule has 0 aliphatic carbocycles. The second-order valence-electron chi connectivity index (χ2n) is 2.21. The van der Waals surface area contributed by atoms with E-state index in [0.29, 0.717) is 0 Å². The van der Waals surface area contributed by atoms with Gasteiger partial charge in [-0.3, -0.25) is 0 Å². The van der Waals surface area contributed by atoms with Crippen molar-refractivity contribution in [3.63, 3.8) is 0 Å². The molecule has 2 heteroatoms. The molecular formula is C8H17NS. The Labute approximate surface area is 68.1 Å². The van der Waals surface area contributed by atoms with Crippen molar-refractivity contribution in [3.8, 4) is 0 Å². The average molecular weight is 159 g/mol. The van der Waals surface area contributed by atoms with Gasteiger partial charge in [0.25, 0.3) is 0 Å². The summed E-state index contributed by atoms with van der Waals surface area (Å²) in [6.07, 6.45) is 7.63. The van der Waals surface area contributed by atoms with E-state index in [0.717, 1.165) is 5.75 Å². The first-order valence-corrected chi connectivity index (χ1v) is 5.01. The minimum atomic E-state index is 1.07. The summed E-state index contributed by atoms with van der Waals surface area (Å²) >= 11 is 1.95. The number of rotatable bonds is 6. The van der Waals surface area contributed by atoms with Crippen molar-refractivity contribution >= 4 is 11.8 Å². The highest BCUT2D eigenvalue weighted by atomic mass is 32.2. The maximum Gasteiger partial charge on any atom is 0.0130 e. The second kappa shape index (κ2) is 8.89. The Morgan fingerprint density at radius 1 is 1.40 bits per heavy atom. The van der Waals surface area contributed by atoms with Gasteiger partial charge < -0.3 is 5.73 Å². The molecule has 0 spiro atoms. The number of hydrogen-bond donors (Lipinski definition) is 1. The smallest absolute Gasteiger partial charge is 0.0130 e.